The Kier molecular flexibility index (Phi) is 2.95. The molecule has 2 unspecified atom stereocenters. The Hall–Kier alpha value is -1.03. The average molecular weight is 210 g/mol. The molecule has 0 saturated carbocycles. The van der Waals surface area contributed by atoms with Crippen molar-refractivity contribution in [2.45, 2.75) is 31.3 Å². The quantitative estimate of drug-likeness (QED) is 0.683. The fourth-order valence-corrected chi connectivity index (χ4v) is 2.64. The van der Waals surface area contributed by atoms with Crippen LogP contribution in [0.1, 0.15) is 19.3 Å². The highest BCUT2D eigenvalue weighted by Gasteiger charge is 2.33. The van der Waals surface area contributed by atoms with Crippen LogP contribution in [0.3, 0.4) is 0 Å². The molecular formula is C11H18N2O2. The van der Waals surface area contributed by atoms with Crippen molar-refractivity contribution in [3.8, 4) is 0 Å². The third kappa shape index (κ3) is 2.31. The van der Waals surface area contributed by atoms with Gasteiger partial charge in [-0.15, -0.1) is 0 Å². The normalized spacial score (nSPS) is 32.2. The van der Waals surface area contributed by atoms with E-state index in [-0.39, 0.29) is 0 Å². The minimum Gasteiger partial charge on any atom is -0.478 e. The summed E-state index contributed by atoms with van der Waals surface area (Å²) in [6, 6.07) is 1.31. The van der Waals surface area contributed by atoms with E-state index >= 15 is 0 Å². The summed E-state index contributed by atoms with van der Waals surface area (Å²) in [6.07, 6.45) is 6.66. The predicted octanol–water partition coefficient (Wildman–Crippen LogP) is 0.753. The van der Waals surface area contributed by atoms with Gasteiger partial charge in [-0.05, 0) is 26.3 Å². The molecule has 84 valence electrons. The zero-order chi connectivity index (χ0) is 10.8. The zero-order valence-corrected chi connectivity index (χ0v) is 9.09. The number of likely N-dealkylation sites (N-methyl/N-ethyl adjacent to an activating group) is 1. The second kappa shape index (κ2) is 4.23. The van der Waals surface area contributed by atoms with E-state index in [0.29, 0.717) is 12.1 Å². The van der Waals surface area contributed by atoms with Gasteiger partial charge >= 0.3 is 5.97 Å². The van der Waals surface area contributed by atoms with Crippen LogP contribution in [0.15, 0.2) is 12.3 Å². The Morgan fingerprint density at radius 1 is 1.33 bits per heavy atom. The Bertz CT molecular complexity index is 278. The molecule has 0 radical (unpaired) electrons. The third-order valence-corrected chi connectivity index (χ3v) is 3.61. The highest BCUT2D eigenvalue weighted by Crippen LogP contribution is 2.28. The minimum atomic E-state index is -0.863. The number of aliphatic carboxylic acids is 1. The molecule has 2 heterocycles. The second-order valence-electron chi connectivity index (χ2n) is 4.49. The fourth-order valence-electron chi connectivity index (χ4n) is 2.64. The maximum atomic E-state index is 10.4. The monoisotopic (exact) mass is 210 g/mol. The Labute approximate surface area is 90.2 Å². The highest BCUT2D eigenvalue weighted by molar-refractivity contribution is 5.79. The molecule has 2 bridgehead atoms. The number of fused-ring (bicyclic) bond motifs is 2. The van der Waals surface area contributed by atoms with Gasteiger partial charge in [0.15, 0.2) is 0 Å². The summed E-state index contributed by atoms with van der Waals surface area (Å²) in [5.74, 6) is -0.863. The average Bonchev–Trinajstić information content (AvgIpc) is 2.40. The smallest absolute Gasteiger partial charge is 0.329 e. The van der Waals surface area contributed by atoms with Crippen molar-refractivity contribution in [2.24, 2.45) is 0 Å². The van der Waals surface area contributed by atoms with Gasteiger partial charge in [0.2, 0.25) is 0 Å². The lowest BCUT2D eigenvalue weighted by Gasteiger charge is -2.24. The predicted molar refractivity (Wildman–Crippen MR) is 57.5 cm³/mol. The summed E-state index contributed by atoms with van der Waals surface area (Å²) in [4.78, 5) is 15.0. The first-order valence-electron chi connectivity index (χ1n) is 5.54. The van der Waals surface area contributed by atoms with Crippen LogP contribution in [0.25, 0.3) is 0 Å². The van der Waals surface area contributed by atoms with E-state index in [1.54, 1.807) is 6.20 Å². The van der Waals surface area contributed by atoms with Crippen LogP contribution < -0.4 is 0 Å². The molecule has 0 aromatic carbocycles. The SMILES string of the molecule is CN1C2CCC1CN(/C=C/C(=O)O)CC2. The fraction of sp³-hybridized carbons (Fsp3) is 0.727. The maximum absolute atomic E-state index is 10.4. The third-order valence-electron chi connectivity index (χ3n) is 3.61. The number of nitrogens with zero attached hydrogens (tertiary/aromatic N) is 2. The van der Waals surface area contributed by atoms with E-state index in [4.69, 9.17) is 5.11 Å². The molecule has 4 nitrogen and oxygen atoms in total. The van der Waals surface area contributed by atoms with Crippen molar-refractivity contribution in [1.29, 1.82) is 0 Å². The number of carboxylic acid groups (broad SMARTS) is 1. The molecule has 2 saturated heterocycles. The lowest BCUT2D eigenvalue weighted by Crippen LogP contribution is -2.34. The number of carboxylic acids is 1. The molecule has 2 rings (SSSR count). The molecule has 2 atom stereocenters. The summed E-state index contributed by atoms with van der Waals surface area (Å²) >= 11 is 0. The minimum absolute atomic E-state index is 0.607. The first-order valence-corrected chi connectivity index (χ1v) is 5.54. The van der Waals surface area contributed by atoms with Gasteiger partial charge in [-0.25, -0.2) is 4.79 Å². The molecule has 0 aliphatic carbocycles. The van der Waals surface area contributed by atoms with Crippen molar-refractivity contribution in [3.63, 3.8) is 0 Å². The van der Waals surface area contributed by atoms with Gasteiger partial charge in [0.05, 0.1) is 0 Å². The van der Waals surface area contributed by atoms with Gasteiger partial charge in [-0.3, -0.25) is 4.90 Å². The van der Waals surface area contributed by atoms with Crippen LogP contribution >= 0.6 is 0 Å². The van der Waals surface area contributed by atoms with E-state index < -0.39 is 5.97 Å². The second-order valence-corrected chi connectivity index (χ2v) is 4.49. The van der Waals surface area contributed by atoms with Crippen molar-refractivity contribution in [2.75, 3.05) is 20.1 Å². The molecule has 1 N–H and O–H groups in total. The Balaban J connectivity index is 1.97. The highest BCUT2D eigenvalue weighted by atomic mass is 16.4. The number of hydrogen-bond acceptors (Lipinski definition) is 3. The molecule has 15 heavy (non-hydrogen) atoms. The van der Waals surface area contributed by atoms with Gasteiger partial charge in [-0.2, -0.15) is 0 Å². The lowest BCUT2D eigenvalue weighted by molar-refractivity contribution is -0.131. The first kappa shape index (κ1) is 10.5. The summed E-state index contributed by atoms with van der Waals surface area (Å²) < 4.78 is 0. The Morgan fingerprint density at radius 2 is 2.07 bits per heavy atom. The summed E-state index contributed by atoms with van der Waals surface area (Å²) in [5.41, 5.74) is 0. The van der Waals surface area contributed by atoms with Crippen molar-refractivity contribution in [1.82, 2.24) is 9.80 Å². The maximum Gasteiger partial charge on any atom is 0.329 e. The number of likely N-dealkylation sites (tertiary alicyclic amines) is 1. The van der Waals surface area contributed by atoms with Gasteiger partial charge in [0.25, 0.3) is 0 Å². The molecular weight excluding hydrogens is 192 g/mol. The van der Waals surface area contributed by atoms with Gasteiger partial charge in [0.1, 0.15) is 0 Å². The molecule has 0 amide bonds. The van der Waals surface area contributed by atoms with Crippen LogP contribution in [0.5, 0.6) is 0 Å². The summed E-state index contributed by atoms with van der Waals surface area (Å²) in [5, 5.41) is 8.57. The van der Waals surface area contributed by atoms with Crippen LogP contribution in [0.2, 0.25) is 0 Å². The van der Waals surface area contributed by atoms with Crippen molar-refractivity contribution < 1.29 is 9.90 Å². The molecule has 4 heteroatoms. The number of carbonyl (C=O) groups is 1. The van der Waals surface area contributed by atoms with Crippen molar-refractivity contribution >= 4 is 5.97 Å². The van der Waals surface area contributed by atoms with Crippen LogP contribution in [0, 0.1) is 0 Å². The molecule has 0 aromatic heterocycles. The van der Waals surface area contributed by atoms with Gasteiger partial charge in [-0.1, -0.05) is 0 Å². The topological polar surface area (TPSA) is 43.8 Å². The zero-order valence-electron chi connectivity index (χ0n) is 9.09. The van der Waals surface area contributed by atoms with Gasteiger partial charge in [0, 0.05) is 37.4 Å². The van der Waals surface area contributed by atoms with Gasteiger partial charge < -0.3 is 10.0 Å². The number of hydrogen-bond donors (Lipinski definition) is 1. The number of rotatable bonds is 2. The lowest BCUT2D eigenvalue weighted by atomic mass is 10.1. The van der Waals surface area contributed by atoms with E-state index in [0.717, 1.165) is 19.5 Å². The molecule has 2 fully saturated rings. The van der Waals surface area contributed by atoms with Crippen molar-refractivity contribution in [3.05, 3.63) is 12.3 Å². The summed E-state index contributed by atoms with van der Waals surface area (Å²) in [7, 11) is 2.19. The first-order chi connectivity index (χ1) is 7.16. The summed E-state index contributed by atoms with van der Waals surface area (Å²) in [6.45, 7) is 1.95. The van der Waals surface area contributed by atoms with Crippen LogP contribution in [-0.2, 0) is 4.79 Å². The van der Waals surface area contributed by atoms with Crippen LogP contribution in [0.4, 0.5) is 0 Å². The largest absolute Gasteiger partial charge is 0.478 e. The molecule has 2 aliphatic rings. The Morgan fingerprint density at radius 3 is 2.80 bits per heavy atom. The molecule has 2 aliphatic heterocycles. The van der Waals surface area contributed by atoms with E-state index in [9.17, 15) is 4.79 Å². The molecule has 0 spiro atoms. The standard InChI is InChI=1S/C11H18N2O2/c1-12-9-2-3-10(12)8-13(6-4-9)7-5-11(14)15/h5,7,9-10H,2-4,6,8H2,1H3,(H,14,15)/b7-5+. The van der Waals surface area contributed by atoms with E-state index in [2.05, 4.69) is 16.8 Å². The van der Waals surface area contributed by atoms with E-state index in [1.807, 2.05) is 0 Å². The van der Waals surface area contributed by atoms with Crippen LogP contribution in [-0.4, -0.2) is 53.1 Å². The molecule has 0 aromatic rings. The van der Waals surface area contributed by atoms with E-state index in [1.165, 1.54) is 18.9 Å².